The molecule has 1 amide bonds. The Morgan fingerprint density at radius 2 is 1.77 bits per heavy atom. The molecular formula is C21H23NO4. The molecular weight excluding hydrogens is 330 g/mol. The molecule has 1 heterocycles. The van der Waals surface area contributed by atoms with Gasteiger partial charge in [0.25, 0.3) is 5.91 Å². The smallest absolute Gasteiger partial charge is 0.253 e. The van der Waals surface area contributed by atoms with Crippen LogP contribution >= 0.6 is 0 Å². The zero-order valence-electron chi connectivity index (χ0n) is 14.6. The maximum absolute atomic E-state index is 12.2. The molecule has 0 saturated carbocycles. The van der Waals surface area contributed by atoms with E-state index in [1.54, 1.807) is 48.5 Å². The van der Waals surface area contributed by atoms with Crippen LogP contribution in [0.2, 0.25) is 0 Å². The van der Waals surface area contributed by atoms with Gasteiger partial charge in [-0.1, -0.05) is 42.5 Å². The summed E-state index contributed by atoms with van der Waals surface area (Å²) in [5.41, 5.74) is 1.69. The highest BCUT2D eigenvalue weighted by atomic mass is 16.5. The molecule has 1 fully saturated rings. The molecule has 2 aromatic carbocycles. The third-order valence-electron chi connectivity index (χ3n) is 4.50. The van der Waals surface area contributed by atoms with E-state index in [9.17, 15) is 14.7 Å². The van der Waals surface area contributed by atoms with E-state index in [0.29, 0.717) is 23.3 Å². The van der Waals surface area contributed by atoms with Crippen molar-refractivity contribution in [2.75, 3.05) is 6.61 Å². The third-order valence-corrected chi connectivity index (χ3v) is 4.50. The van der Waals surface area contributed by atoms with E-state index in [2.05, 4.69) is 5.32 Å². The van der Waals surface area contributed by atoms with Crippen molar-refractivity contribution >= 4 is 11.7 Å². The van der Waals surface area contributed by atoms with Gasteiger partial charge in [0.1, 0.15) is 6.23 Å². The Kier molecular flexibility index (Phi) is 6.15. The van der Waals surface area contributed by atoms with Gasteiger partial charge in [0.15, 0.2) is 5.78 Å². The zero-order chi connectivity index (χ0) is 18.4. The summed E-state index contributed by atoms with van der Waals surface area (Å²) < 4.78 is 5.51. The molecule has 1 aliphatic rings. The molecule has 2 unspecified atom stereocenters. The molecule has 136 valence electrons. The van der Waals surface area contributed by atoms with Crippen LogP contribution in [-0.4, -0.2) is 29.6 Å². The van der Waals surface area contributed by atoms with Crippen LogP contribution in [0.25, 0.3) is 0 Å². The Hall–Kier alpha value is -2.50. The van der Waals surface area contributed by atoms with Crippen molar-refractivity contribution < 1.29 is 19.4 Å². The van der Waals surface area contributed by atoms with Gasteiger partial charge in [0, 0.05) is 24.2 Å². The quantitative estimate of drug-likeness (QED) is 0.782. The van der Waals surface area contributed by atoms with E-state index in [4.69, 9.17) is 4.74 Å². The monoisotopic (exact) mass is 353 g/mol. The average molecular weight is 353 g/mol. The average Bonchev–Trinajstić information content (AvgIpc) is 2.69. The van der Waals surface area contributed by atoms with Crippen molar-refractivity contribution in [1.82, 2.24) is 5.32 Å². The Bertz CT molecular complexity index is 736. The van der Waals surface area contributed by atoms with Crippen LogP contribution in [0.3, 0.4) is 0 Å². The summed E-state index contributed by atoms with van der Waals surface area (Å²) in [5, 5.41) is 13.2. The SMILES string of the molecule is O=C(CC(O)c1ccc(C(=O)NC2CCCCO2)cc1)c1ccccc1. The number of amides is 1. The number of hydrogen-bond donors (Lipinski definition) is 2. The van der Waals surface area contributed by atoms with Gasteiger partial charge in [-0.3, -0.25) is 9.59 Å². The largest absolute Gasteiger partial charge is 0.388 e. The lowest BCUT2D eigenvalue weighted by Gasteiger charge is -2.23. The molecule has 1 saturated heterocycles. The number of hydrogen-bond acceptors (Lipinski definition) is 4. The van der Waals surface area contributed by atoms with Gasteiger partial charge in [-0.15, -0.1) is 0 Å². The predicted octanol–water partition coefficient (Wildman–Crippen LogP) is 3.25. The Labute approximate surface area is 153 Å². The molecule has 5 heteroatoms. The molecule has 5 nitrogen and oxygen atoms in total. The minimum Gasteiger partial charge on any atom is -0.388 e. The van der Waals surface area contributed by atoms with Gasteiger partial charge in [-0.05, 0) is 37.0 Å². The van der Waals surface area contributed by atoms with Crippen LogP contribution in [-0.2, 0) is 4.74 Å². The van der Waals surface area contributed by atoms with Crippen LogP contribution in [0.5, 0.6) is 0 Å². The van der Waals surface area contributed by atoms with E-state index in [-0.39, 0.29) is 24.3 Å². The van der Waals surface area contributed by atoms with Crippen molar-refractivity contribution in [3.63, 3.8) is 0 Å². The number of ether oxygens (including phenoxy) is 1. The van der Waals surface area contributed by atoms with E-state index >= 15 is 0 Å². The Morgan fingerprint density at radius 1 is 1.04 bits per heavy atom. The lowest BCUT2D eigenvalue weighted by molar-refractivity contribution is -0.00266. The van der Waals surface area contributed by atoms with E-state index in [1.807, 2.05) is 6.07 Å². The highest BCUT2D eigenvalue weighted by molar-refractivity contribution is 5.96. The van der Waals surface area contributed by atoms with Crippen molar-refractivity contribution in [3.05, 3.63) is 71.3 Å². The fourth-order valence-corrected chi connectivity index (χ4v) is 2.98. The fraction of sp³-hybridized carbons (Fsp3) is 0.333. The van der Waals surface area contributed by atoms with E-state index in [1.165, 1.54) is 0 Å². The standard InChI is InChI=1S/C21H23NO4/c23-18(15-6-2-1-3-7-15)14-19(24)16-9-11-17(12-10-16)21(25)22-20-8-4-5-13-26-20/h1-3,6-7,9-12,19-20,24H,4-5,8,13-14H2,(H,22,25). The first-order valence-corrected chi connectivity index (χ1v) is 8.92. The number of benzene rings is 2. The van der Waals surface area contributed by atoms with E-state index in [0.717, 1.165) is 19.3 Å². The number of nitrogens with one attached hydrogen (secondary N) is 1. The molecule has 3 rings (SSSR count). The summed E-state index contributed by atoms with van der Waals surface area (Å²) in [5.74, 6) is -0.312. The second-order valence-corrected chi connectivity index (χ2v) is 6.46. The summed E-state index contributed by atoms with van der Waals surface area (Å²) >= 11 is 0. The van der Waals surface area contributed by atoms with Crippen LogP contribution in [0.1, 0.15) is 58.1 Å². The van der Waals surface area contributed by atoms with Crippen LogP contribution in [0, 0.1) is 0 Å². The number of rotatable bonds is 6. The van der Waals surface area contributed by atoms with Gasteiger partial charge in [0.05, 0.1) is 6.10 Å². The number of carbonyl (C=O) groups is 2. The van der Waals surface area contributed by atoms with E-state index < -0.39 is 6.10 Å². The third kappa shape index (κ3) is 4.77. The summed E-state index contributed by atoms with van der Waals surface area (Å²) in [6, 6.07) is 15.6. The minimum atomic E-state index is -0.901. The highest BCUT2D eigenvalue weighted by Crippen LogP contribution is 2.20. The van der Waals surface area contributed by atoms with Crippen LogP contribution in [0.4, 0.5) is 0 Å². The van der Waals surface area contributed by atoms with Crippen molar-refractivity contribution in [1.29, 1.82) is 0 Å². The number of Topliss-reactive ketones (excluding diaryl/α,β-unsaturated/α-hetero) is 1. The zero-order valence-corrected chi connectivity index (χ0v) is 14.6. The molecule has 26 heavy (non-hydrogen) atoms. The lowest BCUT2D eigenvalue weighted by atomic mass is 9.99. The fourth-order valence-electron chi connectivity index (χ4n) is 2.98. The highest BCUT2D eigenvalue weighted by Gasteiger charge is 2.18. The molecule has 2 atom stereocenters. The number of carbonyl (C=O) groups excluding carboxylic acids is 2. The molecule has 0 spiro atoms. The molecule has 0 radical (unpaired) electrons. The molecule has 1 aliphatic heterocycles. The topological polar surface area (TPSA) is 75.6 Å². The van der Waals surface area contributed by atoms with Crippen molar-refractivity contribution in [2.45, 2.75) is 38.0 Å². The second-order valence-electron chi connectivity index (χ2n) is 6.46. The first-order valence-electron chi connectivity index (χ1n) is 8.92. The molecule has 2 N–H and O–H groups in total. The first-order chi connectivity index (χ1) is 12.6. The van der Waals surface area contributed by atoms with Crippen molar-refractivity contribution in [3.8, 4) is 0 Å². The van der Waals surface area contributed by atoms with Crippen LogP contribution in [0.15, 0.2) is 54.6 Å². The van der Waals surface area contributed by atoms with Gasteiger partial charge in [-0.2, -0.15) is 0 Å². The summed E-state index contributed by atoms with van der Waals surface area (Å²) in [6.45, 7) is 0.672. The predicted molar refractivity (Wildman–Crippen MR) is 97.8 cm³/mol. The van der Waals surface area contributed by atoms with Gasteiger partial charge >= 0.3 is 0 Å². The normalized spacial score (nSPS) is 18.1. The molecule has 2 aromatic rings. The minimum absolute atomic E-state index is 0.00543. The number of aliphatic hydroxyl groups is 1. The molecule has 0 aromatic heterocycles. The van der Waals surface area contributed by atoms with Crippen molar-refractivity contribution in [2.24, 2.45) is 0 Å². The Morgan fingerprint density at radius 3 is 2.42 bits per heavy atom. The first kappa shape index (κ1) is 18.3. The van der Waals surface area contributed by atoms with Crippen LogP contribution < -0.4 is 5.32 Å². The summed E-state index contributed by atoms with van der Waals surface area (Å²) in [6.07, 6.45) is 1.77. The second kappa shape index (κ2) is 8.74. The maximum Gasteiger partial charge on any atom is 0.253 e. The molecule has 0 bridgehead atoms. The summed E-state index contributed by atoms with van der Waals surface area (Å²) in [4.78, 5) is 24.4. The van der Waals surface area contributed by atoms with Gasteiger partial charge < -0.3 is 15.2 Å². The molecule has 0 aliphatic carbocycles. The maximum atomic E-state index is 12.2. The van der Waals surface area contributed by atoms with Gasteiger partial charge in [0.2, 0.25) is 0 Å². The number of aliphatic hydroxyl groups excluding tert-OH is 1. The number of ketones is 1. The summed E-state index contributed by atoms with van der Waals surface area (Å²) in [7, 11) is 0. The lowest BCUT2D eigenvalue weighted by Crippen LogP contribution is -2.38. The van der Waals surface area contributed by atoms with Gasteiger partial charge in [-0.25, -0.2) is 0 Å². The Balaban J connectivity index is 1.57.